The molecule has 0 aliphatic carbocycles. The minimum Gasteiger partial charge on any atom is -0.303 e. The van der Waals surface area contributed by atoms with Gasteiger partial charge in [0.1, 0.15) is 6.29 Å². The van der Waals surface area contributed by atoms with Crippen LogP contribution in [0.25, 0.3) is 0 Å². The van der Waals surface area contributed by atoms with Crippen molar-refractivity contribution in [3.8, 4) is 0 Å². The molecule has 0 aliphatic rings. The zero-order chi connectivity index (χ0) is 8.41. The van der Waals surface area contributed by atoms with Crippen molar-refractivity contribution in [3.05, 3.63) is 0 Å². The highest BCUT2D eigenvalue weighted by Crippen LogP contribution is 2.22. The molecule has 0 aromatic heterocycles. The molecule has 0 fully saturated rings. The van der Waals surface area contributed by atoms with Crippen molar-refractivity contribution < 1.29 is 26.5 Å². The van der Waals surface area contributed by atoms with Gasteiger partial charge < -0.3 is 4.79 Å². The van der Waals surface area contributed by atoms with Crippen LogP contribution in [0.4, 0.5) is 8.78 Å². The molecule has 7 heteroatoms. The maximum absolute atomic E-state index is 11.9. The van der Waals surface area contributed by atoms with Gasteiger partial charge in [0.2, 0.25) is 0 Å². The maximum Gasteiger partial charge on any atom is 0.376 e. The molecule has 0 spiro atoms. The monoisotopic (exact) mass is 174 g/mol. The Hall–Kier alpha value is -0.560. The zero-order valence-electron chi connectivity index (χ0n) is 4.62. The van der Waals surface area contributed by atoms with E-state index in [-0.39, 0.29) is 6.29 Å². The predicted octanol–water partition coefficient (Wildman–Crippen LogP) is 0.0560. The summed E-state index contributed by atoms with van der Waals surface area (Å²) in [6.45, 7) is 0. The highest BCUT2D eigenvalue weighted by atomic mass is 32.2. The van der Waals surface area contributed by atoms with E-state index in [1.807, 2.05) is 0 Å². The first-order valence-corrected chi connectivity index (χ1v) is 3.54. The van der Waals surface area contributed by atoms with Crippen molar-refractivity contribution in [2.45, 2.75) is 11.7 Å². The minimum atomic E-state index is -5.43. The second-order valence-corrected chi connectivity index (χ2v) is 3.03. The van der Waals surface area contributed by atoms with Crippen molar-refractivity contribution in [2.75, 3.05) is 0 Å². The highest BCUT2D eigenvalue weighted by molar-refractivity contribution is 7.86. The van der Waals surface area contributed by atoms with Gasteiger partial charge in [-0.05, 0) is 0 Å². The van der Waals surface area contributed by atoms with Crippen LogP contribution in [0, 0.1) is 0 Å². The van der Waals surface area contributed by atoms with Gasteiger partial charge in [-0.2, -0.15) is 17.2 Å². The first-order valence-electron chi connectivity index (χ1n) is 2.10. The molecule has 0 heterocycles. The molecule has 0 saturated carbocycles. The molecule has 0 aromatic rings. The fourth-order valence-corrected chi connectivity index (χ4v) is 0.481. The van der Waals surface area contributed by atoms with Crippen LogP contribution < -0.4 is 0 Å². The standard InChI is InChI=1S/C3H4F2O4S/c4-3(5,1-2-6)10(7,8)9/h2H,1H2,(H,7,8,9). The number of aldehydes is 1. The average molecular weight is 174 g/mol. The summed E-state index contributed by atoms with van der Waals surface area (Å²) in [5.74, 6) is 0. The van der Waals surface area contributed by atoms with Gasteiger partial charge in [0, 0.05) is 0 Å². The van der Waals surface area contributed by atoms with Gasteiger partial charge in [0.25, 0.3) is 0 Å². The molecule has 4 nitrogen and oxygen atoms in total. The number of rotatable bonds is 3. The summed E-state index contributed by atoms with van der Waals surface area (Å²) in [6.07, 6.45) is -1.81. The fraction of sp³-hybridized carbons (Fsp3) is 0.667. The summed E-state index contributed by atoms with van der Waals surface area (Å²) < 4.78 is 50.8. The number of carbonyl (C=O) groups is 1. The van der Waals surface area contributed by atoms with E-state index in [1.54, 1.807) is 0 Å². The van der Waals surface area contributed by atoms with Gasteiger partial charge in [0.05, 0.1) is 6.42 Å². The number of carbonyl (C=O) groups excluding carboxylic acids is 1. The summed E-state index contributed by atoms with van der Waals surface area (Å²) in [4.78, 5) is 9.41. The fourth-order valence-electron chi connectivity index (χ4n) is 0.202. The van der Waals surface area contributed by atoms with Gasteiger partial charge in [-0.3, -0.25) is 4.55 Å². The molecule has 0 bridgehead atoms. The van der Waals surface area contributed by atoms with Crippen LogP contribution in [0.3, 0.4) is 0 Å². The Morgan fingerprint density at radius 3 is 2.00 bits per heavy atom. The van der Waals surface area contributed by atoms with E-state index in [4.69, 9.17) is 4.55 Å². The van der Waals surface area contributed by atoms with E-state index < -0.39 is 21.8 Å². The molecule has 0 aliphatic heterocycles. The Labute approximate surface area is 55.6 Å². The van der Waals surface area contributed by atoms with Crippen LogP contribution in [0.1, 0.15) is 6.42 Å². The van der Waals surface area contributed by atoms with Crippen LogP contribution in [0.15, 0.2) is 0 Å². The normalized spacial score (nSPS) is 13.1. The highest BCUT2D eigenvalue weighted by Gasteiger charge is 2.43. The first-order chi connectivity index (χ1) is 4.31. The Morgan fingerprint density at radius 2 is 1.90 bits per heavy atom. The SMILES string of the molecule is O=CCC(F)(F)S(=O)(=O)O. The molecule has 0 aromatic carbocycles. The largest absolute Gasteiger partial charge is 0.376 e. The van der Waals surface area contributed by atoms with Gasteiger partial charge >= 0.3 is 15.4 Å². The third kappa shape index (κ3) is 1.99. The Balaban J connectivity index is 4.57. The van der Waals surface area contributed by atoms with Crippen LogP contribution in [0.2, 0.25) is 0 Å². The molecule has 10 heavy (non-hydrogen) atoms. The van der Waals surface area contributed by atoms with Crippen LogP contribution >= 0.6 is 0 Å². The van der Waals surface area contributed by atoms with Gasteiger partial charge in [-0.1, -0.05) is 0 Å². The summed E-state index contributed by atoms with van der Waals surface area (Å²) in [7, 11) is -5.43. The molecule has 0 atom stereocenters. The first kappa shape index (κ1) is 9.44. The molecule has 0 saturated heterocycles. The summed E-state index contributed by atoms with van der Waals surface area (Å²) >= 11 is 0. The minimum absolute atomic E-state index is 0.284. The van der Waals surface area contributed by atoms with E-state index in [9.17, 15) is 22.0 Å². The van der Waals surface area contributed by atoms with Gasteiger partial charge in [0.15, 0.2) is 0 Å². The third-order valence-electron chi connectivity index (χ3n) is 0.698. The third-order valence-corrected chi connectivity index (χ3v) is 1.62. The van der Waals surface area contributed by atoms with E-state index >= 15 is 0 Å². The number of halogens is 2. The van der Waals surface area contributed by atoms with Crippen molar-refractivity contribution in [1.82, 2.24) is 0 Å². The van der Waals surface area contributed by atoms with Crippen molar-refractivity contribution in [1.29, 1.82) is 0 Å². The van der Waals surface area contributed by atoms with Crippen molar-refractivity contribution in [2.24, 2.45) is 0 Å². The van der Waals surface area contributed by atoms with E-state index in [0.29, 0.717) is 0 Å². The van der Waals surface area contributed by atoms with E-state index in [1.165, 1.54) is 0 Å². The topological polar surface area (TPSA) is 71.4 Å². The van der Waals surface area contributed by atoms with Gasteiger partial charge in [-0.15, -0.1) is 0 Å². The zero-order valence-corrected chi connectivity index (χ0v) is 5.44. The lowest BCUT2D eigenvalue weighted by atomic mass is 10.5. The summed E-state index contributed by atoms with van der Waals surface area (Å²) in [6, 6.07) is 0. The van der Waals surface area contributed by atoms with Crippen LogP contribution in [-0.2, 0) is 14.9 Å². The smallest absolute Gasteiger partial charge is 0.303 e. The maximum atomic E-state index is 11.9. The number of hydrogen-bond acceptors (Lipinski definition) is 3. The average Bonchev–Trinajstić information content (AvgIpc) is 1.61. The van der Waals surface area contributed by atoms with Gasteiger partial charge in [-0.25, -0.2) is 0 Å². The quantitative estimate of drug-likeness (QED) is 0.485. The second kappa shape index (κ2) is 2.59. The molecular formula is C3H4F2O4S. The van der Waals surface area contributed by atoms with E-state index in [2.05, 4.69) is 0 Å². The summed E-state index contributed by atoms with van der Waals surface area (Å²) in [5, 5.41) is -4.35. The Morgan fingerprint density at radius 1 is 1.50 bits per heavy atom. The lowest BCUT2D eigenvalue weighted by Crippen LogP contribution is -2.28. The molecule has 0 unspecified atom stereocenters. The Bertz CT molecular complexity index is 219. The molecule has 60 valence electrons. The van der Waals surface area contributed by atoms with E-state index in [0.717, 1.165) is 0 Å². The lowest BCUT2D eigenvalue weighted by molar-refractivity contribution is -0.111. The van der Waals surface area contributed by atoms with Crippen molar-refractivity contribution >= 4 is 16.4 Å². The molecule has 0 rings (SSSR count). The van der Waals surface area contributed by atoms with Crippen molar-refractivity contribution in [3.63, 3.8) is 0 Å². The summed E-state index contributed by atoms with van der Waals surface area (Å²) in [5.41, 5.74) is 0. The Kier molecular flexibility index (Phi) is 2.44. The molecular weight excluding hydrogens is 170 g/mol. The molecule has 1 N–H and O–H groups in total. The number of hydrogen-bond donors (Lipinski definition) is 1. The number of alkyl halides is 2. The molecule has 0 amide bonds. The molecule has 0 radical (unpaired) electrons. The second-order valence-electron chi connectivity index (χ2n) is 1.48. The lowest BCUT2D eigenvalue weighted by Gasteiger charge is -2.07. The van der Waals surface area contributed by atoms with Crippen LogP contribution in [0.5, 0.6) is 0 Å². The van der Waals surface area contributed by atoms with Crippen LogP contribution in [-0.4, -0.2) is 24.5 Å². The predicted molar refractivity (Wildman–Crippen MR) is 27.2 cm³/mol.